The van der Waals surface area contributed by atoms with Crippen molar-refractivity contribution in [3.8, 4) is 5.69 Å². The molecular formula is C26H27N5O4. The molecule has 0 bridgehead atoms. The highest BCUT2D eigenvalue weighted by atomic mass is 16.6. The van der Waals surface area contributed by atoms with E-state index in [9.17, 15) is 19.7 Å². The van der Waals surface area contributed by atoms with Crippen molar-refractivity contribution < 1.29 is 4.92 Å². The summed E-state index contributed by atoms with van der Waals surface area (Å²) in [7, 11) is 0. The summed E-state index contributed by atoms with van der Waals surface area (Å²) < 4.78 is 4.58. The van der Waals surface area contributed by atoms with Gasteiger partial charge < -0.3 is 4.57 Å². The maximum Gasteiger partial charge on any atom is 0.337 e. The van der Waals surface area contributed by atoms with Crippen LogP contribution in [0, 0.1) is 10.1 Å². The highest BCUT2D eigenvalue weighted by Crippen LogP contribution is 2.28. The molecule has 1 aliphatic carbocycles. The fourth-order valence-corrected chi connectivity index (χ4v) is 4.96. The topological polar surface area (TPSA) is 105 Å². The number of hydrogen-bond acceptors (Lipinski definition) is 5. The van der Waals surface area contributed by atoms with Crippen LogP contribution in [-0.4, -0.2) is 23.6 Å². The molecule has 5 rings (SSSR count). The zero-order chi connectivity index (χ0) is 24.7. The van der Waals surface area contributed by atoms with E-state index in [0.717, 1.165) is 31.2 Å². The maximum atomic E-state index is 13.7. The lowest BCUT2D eigenvalue weighted by Gasteiger charge is -2.17. The van der Waals surface area contributed by atoms with Crippen molar-refractivity contribution in [3.63, 3.8) is 0 Å². The Hall–Kier alpha value is -4.01. The molecule has 0 radical (unpaired) electrons. The number of imidazole rings is 1. The van der Waals surface area contributed by atoms with Crippen molar-refractivity contribution >= 4 is 16.9 Å². The molecule has 1 aliphatic rings. The molecule has 9 heteroatoms. The molecule has 0 spiro atoms. The van der Waals surface area contributed by atoms with Crippen LogP contribution in [0.25, 0.3) is 16.9 Å². The van der Waals surface area contributed by atoms with Crippen LogP contribution in [0.4, 0.5) is 5.69 Å². The van der Waals surface area contributed by atoms with E-state index >= 15 is 0 Å². The fraction of sp³-hybridized carbons (Fsp3) is 0.346. The highest BCUT2D eigenvalue weighted by molar-refractivity contribution is 5.72. The van der Waals surface area contributed by atoms with Crippen molar-refractivity contribution in [2.24, 2.45) is 0 Å². The number of nitro benzene ring substituents is 1. The highest BCUT2D eigenvalue weighted by Gasteiger charge is 2.26. The van der Waals surface area contributed by atoms with Crippen molar-refractivity contribution in [1.82, 2.24) is 18.7 Å². The quantitative estimate of drug-likeness (QED) is 0.302. The van der Waals surface area contributed by atoms with Gasteiger partial charge in [0, 0.05) is 24.7 Å². The second-order valence-corrected chi connectivity index (χ2v) is 9.45. The second kappa shape index (κ2) is 8.98. The predicted octanol–water partition coefficient (Wildman–Crippen LogP) is 4.54. The second-order valence-electron chi connectivity index (χ2n) is 9.45. The van der Waals surface area contributed by atoms with E-state index in [1.807, 2.05) is 24.3 Å². The number of nitro groups is 1. The summed E-state index contributed by atoms with van der Waals surface area (Å²) >= 11 is 0. The van der Waals surface area contributed by atoms with Crippen LogP contribution in [0.1, 0.15) is 62.6 Å². The fourth-order valence-electron chi connectivity index (χ4n) is 4.96. The third-order valence-corrected chi connectivity index (χ3v) is 6.83. The third kappa shape index (κ3) is 4.07. The largest absolute Gasteiger partial charge is 0.337 e. The molecule has 9 nitrogen and oxygen atoms in total. The zero-order valence-electron chi connectivity index (χ0n) is 19.8. The van der Waals surface area contributed by atoms with Gasteiger partial charge in [-0.1, -0.05) is 51.0 Å². The Bertz CT molecular complexity index is 1520. The van der Waals surface area contributed by atoms with Crippen LogP contribution in [0.3, 0.4) is 0 Å². The van der Waals surface area contributed by atoms with E-state index in [0.29, 0.717) is 22.7 Å². The lowest BCUT2D eigenvalue weighted by Crippen LogP contribution is -2.41. The van der Waals surface area contributed by atoms with E-state index in [2.05, 4.69) is 18.8 Å². The normalized spacial score (nSPS) is 14.3. The molecule has 1 saturated carbocycles. The first kappa shape index (κ1) is 22.8. The number of hydrogen-bond donors (Lipinski definition) is 0. The third-order valence-electron chi connectivity index (χ3n) is 6.83. The van der Waals surface area contributed by atoms with Gasteiger partial charge in [-0.15, -0.1) is 0 Å². The van der Waals surface area contributed by atoms with Crippen LogP contribution in [0.2, 0.25) is 0 Å². The summed E-state index contributed by atoms with van der Waals surface area (Å²) in [5.74, 6) is 0.349. The van der Waals surface area contributed by atoms with E-state index in [-0.39, 0.29) is 35.2 Å². The van der Waals surface area contributed by atoms with Crippen LogP contribution < -0.4 is 11.2 Å². The number of nitrogens with zero attached hydrogens (tertiary/aromatic N) is 5. The van der Waals surface area contributed by atoms with Gasteiger partial charge >= 0.3 is 5.69 Å². The van der Waals surface area contributed by atoms with Crippen LogP contribution in [0.15, 0.2) is 64.4 Å². The minimum Gasteiger partial charge on any atom is -0.320 e. The average Bonchev–Trinajstić information content (AvgIpc) is 3.50. The first-order valence-corrected chi connectivity index (χ1v) is 11.9. The molecular weight excluding hydrogens is 446 g/mol. The zero-order valence-corrected chi connectivity index (χ0v) is 19.8. The maximum absolute atomic E-state index is 13.7. The van der Waals surface area contributed by atoms with Crippen LogP contribution in [-0.2, 0) is 6.54 Å². The lowest BCUT2D eigenvalue weighted by molar-refractivity contribution is -0.384. The Morgan fingerprint density at radius 2 is 1.80 bits per heavy atom. The van der Waals surface area contributed by atoms with Gasteiger partial charge in [0.1, 0.15) is 0 Å². The van der Waals surface area contributed by atoms with Crippen LogP contribution in [0.5, 0.6) is 0 Å². The first-order chi connectivity index (χ1) is 16.8. The Morgan fingerprint density at radius 1 is 1.09 bits per heavy atom. The number of non-ortho nitro benzene ring substituents is 1. The van der Waals surface area contributed by atoms with Gasteiger partial charge in [-0.25, -0.2) is 14.3 Å². The van der Waals surface area contributed by atoms with Crippen molar-refractivity contribution in [1.29, 1.82) is 0 Å². The molecule has 0 amide bonds. The summed E-state index contributed by atoms with van der Waals surface area (Å²) in [4.78, 5) is 42.6. The summed E-state index contributed by atoms with van der Waals surface area (Å²) in [6, 6.07) is 13.9. The molecule has 35 heavy (non-hydrogen) atoms. The minimum absolute atomic E-state index is 0.0163. The van der Waals surface area contributed by atoms with Gasteiger partial charge in [0.25, 0.3) is 11.2 Å². The van der Waals surface area contributed by atoms with Gasteiger partial charge in [-0.3, -0.25) is 19.5 Å². The van der Waals surface area contributed by atoms with Crippen molar-refractivity contribution in [3.05, 3.63) is 96.9 Å². The SMILES string of the molecule is CC(C)c1ccc(-n2c(=O)n(C3CCCC3)c(=O)c3c2ncn3Cc2cccc([N+](=O)[O-])c2)cc1. The smallest absolute Gasteiger partial charge is 0.320 e. The molecule has 180 valence electrons. The molecule has 0 unspecified atom stereocenters. The van der Waals surface area contributed by atoms with Gasteiger partial charge in [0.05, 0.1) is 16.9 Å². The van der Waals surface area contributed by atoms with Crippen LogP contribution >= 0.6 is 0 Å². The van der Waals surface area contributed by atoms with Crippen molar-refractivity contribution in [2.75, 3.05) is 0 Å². The number of aromatic nitrogens is 4. The predicted molar refractivity (Wildman–Crippen MR) is 133 cm³/mol. The summed E-state index contributed by atoms with van der Waals surface area (Å²) in [6.45, 7) is 4.44. The Labute approximate surface area is 201 Å². The molecule has 2 aromatic heterocycles. The molecule has 0 saturated heterocycles. The van der Waals surface area contributed by atoms with Gasteiger partial charge in [0.2, 0.25) is 0 Å². The minimum atomic E-state index is -0.443. The van der Waals surface area contributed by atoms with E-state index in [1.165, 1.54) is 27.6 Å². The number of benzene rings is 2. The molecule has 2 heterocycles. The first-order valence-electron chi connectivity index (χ1n) is 11.9. The summed E-state index contributed by atoms with van der Waals surface area (Å²) in [6.07, 6.45) is 5.05. The van der Waals surface area contributed by atoms with Gasteiger partial charge in [0.15, 0.2) is 11.2 Å². The van der Waals surface area contributed by atoms with E-state index in [1.54, 1.807) is 16.7 Å². The Morgan fingerprint density at radius 3 is 2.46 bits per heavy atom. The summed E-state index contributed by atoms with van der Waals surface area (Å²) in [5, 5.41) is 11.2. The molecule has 1 fully saturated rings. The Kier molecular flexibility index (Phi) is 5.84. The molecule has 0 atom stereocenters. The average molecular weight is 474 g/mol. The van der Waals surface area contributed by atoms with E-state index in [4.69, 9.17) is 0 Å². The van der Waals surface area contributed by atoms with Gasteiger partial charge in [-0.2, -0.15) is 0 Å². The molecule has 0 N–H and O–H groups in total. The number of rotatable bonds is 6. The molecule has 2 aromatic carbocycles. The van der Waals surface area contributed by atoms with Gasteiger partial charge in [-0.05, 0) is 42.0 Å². The standard InChI is InChI=1S/C26H27N5O4/c1-17(2)19-10-12-21(13-11-19)29-24-23(25(32)30(26(29)33)20-7-3-4-8-20)28(16-27-24)15-18-6-5-9-22(14-18)31(34)35/h5-6,9-14,16-17,20H,3-4,7-8,15H2,1-2H3. The molecule has 4 aromatic rings. The monoisotopic (exact) mass is 473 g/mol. The molecule has 0 aliphatic heterocycles. The summed E-state index contributed by atoms with van der Waals surface area (Å²) in [5.41, 5.74) is 2.31. The van der Waals surface area contributed by atoms with Crippen molar-refractivity contribution in [2.45, 2.75) is 58.0 Å². The number of fused-ring (bicyclic) bond motifs is 1. The van der Waals surface area contributed by atoms with E-state index < -0.39 is 4.92 Å². The lowest BCUT2D eigenvalue weighted by atomic mass is 10.0. The Balaban J connectivity index is 1.72.